The van der Waals surface area contributed by atoms with E-state index >= 15 is 0 Å². The van der Waals surface area contributed by atoms with Crippen molar-refractivity contribution in [2.24, 2.45) is 0 Å². The smallest absolute Gasteiger partial charge is 0.136 e. The summed E-state index contributed by atoms with van der Waals surface area (Å²) < 4.78 is 2.26. The summed E-state index contributed by atoms with van der Waals surface area (Å²) >= 11 is 0. The van der Waals surface area contributed by atoms with Crippen LogP contribution in [0.1, 0.15) is 22.3 Å². The molecule has 0 spiro atoms. The summed E-state index contributed by atoms with van der Waals surface area (Å²) in [4.78, 5) is 0. The minimum absolute atomic E-state index is 0.524. The van der Waals surface area contributed by atoms with Crippen LogP contribution in [-0.4, -0.2) is 5.84 Å². The third-order valence-corrected chi connectivity index (χ3v) is 7.76. The number of nitrogens with one attached hydrogen (secondary N) is 1. The van der Waals surface area contributed by atoms with Gasteiger partial charge in [-0.2, -0.15) is 0 Å². The van der Waals surface area contributed by atoms with Gasteiger partial charge in [-0.1, -0.05) is 109 Å². The number of hydrogen-bond donors (Lipinski definition) is 1. The number of hydrogen-bond acceptors (Lipinski definition) is 1. The second-order valence-corrected chi connectivity index (χ2v) is 9.81. The van der Waals surface area contributed by atoms with Crippen LogP contribution in [0.5, 0.6) is 0 Å². The lowest BCUT2D eigenvalue weighted by Crippen LogP contribution is -2.35. The van der Waals surface area contributed by atoms with Gasteiger partial charge >= 0.3 is 0 Å². The topological polar surface area (TPSA) is 27.1 Å². The van der Waals surface area contributed by atoms with E-state index in [1.165, 1.54) is 27.3 Å². The molecule has 0 aliphatic rings. The number of para-hydroxylation sites is 1. The zero-order valence-corrected chi connectivity index (χ0v) is 19.1. The average Bonchev–Trinajstić information content (AvgIpc) is 2.79. The lowest BCUT2D eigenvalue weighted by atomic mass is 10.1. The Bertz CT molecular complexity index is 1110. The van der Waals surface area contributed by atoms with Crippen molar-refractivity contribution < 1.29 is 0 Å². The van der Waals surface area contributed by atoms with E-state index in [1.807, 2.05) is 0 Å². The molecule has 0 saturated heterocycles. The molecule has 4 rings (SSSR count). The van der Waals surface area contributed by atoms with Gasteiger partial charge in [0.05, 0.1) is 13.8 Å². The van der Waals surface area contributed by atoms with Crippen molar-refractivity contribution in [1.82, 2.24) is 0 Å². The van der Waals surface area contributed by atoms with Gasteiger partial charge in [0.2, 0.25) is 0 Å². The summed E-state index contributed by atoms with van der Waals surface area (Å²) in [5.41, 5.74) is 5.59. The van der Waals surface area contributed by atoms with Crippen LogP contribution in [0.15, 0.2) is 103 Å². The highest BCUT2D eigenvalue weighted by Crippen LogP contribution is 2.45. The van der Waals surface area contributed by atoms with Gasteiger partial charge in [0.15, 0.2) is 0 Å². The zero-order chi connectivity index (χ0) is 21.8. The quantitative estimate of drug-likeness (QED) is 0.222. The Labute approximate surface area is 186 Å². The van der Waals surface area contributed by atoms with E-state index in [0.29, 0.717) is 5.84 Å². The SMILES string of the molecule is Cc1ccc(C(=N)N(c2c(C)cccc2C)P(c2ccccc2)c2ccccc2)cc1. The van der Waals surface area contributed by atoms with Crippen molar-refractivity contribution in [3.05, 3.63) is 125 Å². The molecule has 0 amide bonds. The van der Waals surface area contributed by atoms with Gasteiger partial charge in [0, 0.05) is 16.2 Å². The number of aryl methyl sites for hydroxylation is 3. The first-order valence-corrected chi connectivity index (χ1v) is 11.8. The first-order chi connectivity index (χ1) is 15.1. The molecule has 0 saturated carbocycles. The van der Waals surface area contributed by atoms with Crippen molar-refractivity contribution >= 4 is 30.2 Å². The fraction of sp³-hybridized carbons (Fsp3) is 0.107. The summed E-state index contributed by atoms with van der Waals surface area (Å²) in [7, 11) is -0.985. The number of anilines is 1. The minimum atomic E-state index is -0.985. The van der Waals surface area contributed by atoms with Crippen molar-refractivity contribution in [2.45, 2.75) is 20.8 Å². The summed E-state index contributed by atoms with van der Waals surface area (Å²) in [5, 5.41) is 11.8. The summed E-state index contributed by atoms with van der Waals surface area (Å²) in [6.45, 7) is 6.36. The summed E-state index contributed by atoms with van der Waals surface area (Å²) in [5.74, 6) is 0.524. The lowest BCUT2D eigenvalue weighted by molar-refractivity contribution is 1.29. The highest BCUT2D eigenvalue weighted by Gasteiger charge is 2.29. The number of nitrogens with zero attached hydrogens (tertiary/aromatic N) is 1. The Hall–Kier alpha value is -3.22. The highest BCUT2D eigenvalue weighted by atomic mass is 31.1. The van der Waals surface area contributed by atoms with Crippen LogP contribution < -0.4 is 15.3 Å². The van der Waals surface area contributed by atoms with E-state index < -0.39 is 8.07 Å². The van der Waals surface area contributed by atoms with Crippen LogP contribution in [0.2, 0.25) is 0 Å². The molecular formula is C28H27N2P. The number of benzene rings is 4. The molecule has 31 heavy (non-hydrogen) atoms. The van der Waals surface area contributed by atoms with Crippen LogP contribution in [0.3, 0.4) is 0 Å². The highest BCUT2D eigenvalue weighted by molar-refractivity contribution is 7.75. The molecule has 154 valence electrons. The Morgan fingerprint density at radius 3 is 1.58 bits per heavy atom. The van der Waals surface area contributed by atoms with Gasteiger partial charge in [-0.3, -0.25) is 10.1 Å². The average molecular weight is 423 g/mol. The van der Waals surface area contributed by atoms with Crippen LogP contribution >= 0.6 is 8.07 Å². The van der Waals surface area contributed by atoms with Crippen molar-refractivity contribution in [3.63, 3.8) is 0 Å². The summed E-state index contributed by atoms with van der Waals surface area (Å²) in [6, 6.07) is 35.8. The zero-order valence-electron chi connectivity index (χ0n) is 18.2. The van der Waals surface area contributed by atoms with Crippen LogP contribution in [-0.2, 0) is 0 Å². The lowest BCUT2D eigenvalue weighted by Gasteiger charge is -2.36. The Balaban J connectivity index is 1.97. The molecule has 0 heterocycles. The summed E-state index contributed by atoms with van der Waals surface area (Å²) in [6.07, 6.45) is 0. The van der Waals surface area contributed by atoms with E-state index in [2.05, 4.69) is 129 Å². The van der Waals surface area contributed by atoms with Crippen molar-refractivity contribution in [3.8, 4) is 0 Å². The maximum absolute atomic E-state index is 9.36. The monoisotopic (exact) mass is 422 g/mol. The van der Waals surface area contributed by atoms with E-state index in [1.54, 1.807) is 0 Å². The Morgan fingerprint density at radius 2 is 1.10 bits per heavy atom. The van der Waals surface area contributed by atoms with E-state index in [-0.39, 0.29) is 0 Å². The molecule has 0 aromatic heterocycles. The maximum Gasteiger partial charge on any atom is 0.136 e. The fourth-order valence-corrected chi connectivity index (χ4v) is 6.30. The van der Waals surface area contributed by atoms with Gasteiger partial charge in [0.25, 0.3) is 0 Å². The van der Waals surface area contributed by atoms with Crippen molar-refractivity contribution in [1.29, 1.82) is 5.41 Å². The maximum atomic E-state index is 9.36. The van der Waals surface area contributed by atoms with Gasteiger partial charge in [-0.05, 0) is 31.9 Å². The third-order valence-electron chi connectivity index (χ3n) is 5.39. The second kappa shape index (κ2) is 9.29. The standard InChI is InChI=1S/C28H27N2P/c1-21-17-19-24(20-18-21)28(29)30(27-22(2)11-10-12-23(27)3)31(25-13-6-4-7-14-25)26-15-8-5-9-16-26/h4-20,29H,1-3H3. The van der Waals surface area contributed by atoms with E-state index in [0.717, 1.165) is 11.3 Å². The molecule has 0 fully saturated rings. The normalized spacial score (nSPS) is 10.8. The molecule has 0 aliphatic heterocycles. The molecule has 0 atom stereocenters. The van der Waals surface area contributed by atoms with E-state index in [9.17, 15) is 5.41 Å². The molecule has 0 bridgehead atoms. The molecule has 0 radical (unpaired) electrons. The molecule has 3 heteroatoms. The number of amidine groups is 1. The van der Waals surface area contributed by atoms with Gasteiger partial charge in [-0.15, -0.1) is 0 Å². The first kappa shape index (κ1) is 21.0. The predicted molar refractivity (Wildman–Crippen MR) is 135 cm³/mol. The number of rotatable bonds is 5. The fourth-order valence-electron chi connectivity index (χ4n) is 3.80. The predicted octanol–water partition coefficient (Wildman–Crippen LogP) is 6.49. The largest absolute Gasteiger partial charge is 0.296 e. The third kappa shape index (κ3) is 4.45. The first-order valence-electron chi connectivity index (χ1n) is 10.5. The molecule has 4 aromatic carbocycles. The molecule has 0 aliphatic carbocycles. The van der Waals surface area contributed by atoms with Gasteiger partial charge in [-0.25, -0.2) is 0 Å². The van der Waals surface area contributed by atoms with Crippen LogP contribution in [0.25, 0.3) is 0 Å². The molecule has 1 N–H and O–H groups in total. The second-order valence-electron chi connectivity index (χ2n) is 7.75. The molecule has 2 nitrogen and oxygen atoms in total. The molecule has 0 unspecified atom stereocenters. The van der Waals surface area contributed by atoms with E-state index in [4.69, 9.17) is 0 Å². The molecular weight excluding hydrogens is 395 g/mol. The van der Waals surface area contributed by atoms with Crippen molar-refractivity contribution in [2.75, 3.05) is 4.67 Å². The minimum Gasteiger partial charge on any atom is -0.296 e. The van der Waals surface area contributed by atoms with Gasteiger partial charge in [0.1, 0.15) is 5.84 Å². The van der Waals surface area contributed by atoms with Crippen LogP contribution in [0, 0.1) is 26.2 Å². The van der Waals surface area contributed by atoms with Gasteiger partial charge < -0.3 is 0 Å². The van der Waals surface area contributed by atoms with Crippen LogP contribution in [0.4, 0.5) is 5.69 Å². The Morgan fingerprint density at radius 1 is 0.613 bits per heavy atom. The molecule has 4 aromatic rings. The Kier molecular flexibility index (Phi) is 6.30.